The van der Waals surface area contributed by atoms with E-state index in [1.807, 2.05) is 0 Å². The van der Waals surface area contributed by atoms with E-state index in [-0.39, 0.29) is 29.8 Å². The molecule has 1 N–H and O–H groups in total. The van der Waals surface area contributed by atoms with E-state index >= 15 is 0 Å². The second kappa shape index (κ2) is 8.86. The number of rotatable bonds is 4. The van der Waals surface area contributed by atoms with Crippen molar-refractivity contribution < 1.29 is 22.8 Å². The van der Waals surface area contributed by atoms with Crippen molar-refractivity contribution in [3.05, 3.63) is 70.2 Å². The molecule has 1 saturated heterocycles. The van der Waals surface area contributed by atoms with Gasteiger partial charge in [-0.2, -0.15) is 13.2 Å². The Hall–Kier alpha value is -2.54. The van der Waals surface area contributed by atoms with Crippen LogP contribution in [0.25, 0.3) is 0 Å². The number of nitrogens with one attached hydrogen (secondary N) is 1. The van der Waals surface area contributed by atoms with Gasteiger partial charge >= 0.3 is 6.18 Å². The van der Waals surface area contributed by atoms with Crippen LogP contribution in [0.5, 0.6) is 0 Å². The van der Waals surface area contributed by atoms with E-state index in [9.17, 15) is 22.8 Å². The molecule has 0 unspecified atom stereocenters. The van der Waals surface area contributed by atoms with Crippen LogP contribution < -0.4 is 5.32 Å². The van der Waals surface area contributed by atoms with Crippen molar-refractivity contribution in [3.8, 4) is 0 Å². The van der Waals surface area contributed by atoms with Gasteiger partial charge in [-0.05, 0) is 54.8 Å². The van der Waals surface area contributed by atoms with Crippen molar-refractivity contribution >= 4 is 23.4 Å². The highest BCUT2D eigenvalue weighted by atomic mass is 35.5. The zero-order valence-electron chi connectivity index (χ0n) is 15.5. The van der Waals surface area contributed by atoms with Crippen LogP contribution in [0.4, 0.5) is 13.2 Å². The normalized spacial score (nSPS) is 15.2. The zero-order chi connectivity index (χ0) is 21.0. The summed E-state index contributed by atoms with van der Waals surface area (Å²) >= 11 is 5.83. The fourth-order valence-electron chi connectivity index (χ4n) is 3.28. The van der Waals surface area contributed by atoms with Gasteiger partial charge in [0.2, 0.25) is 5.91 Å². The van der Waals surface area contributed by atoms with Crippen molar-refractivity contribution in [2.75, 3.05) is 13.1 Å². The monoisotopic (exact) mass is 424 g/mol. The molecule has 29 heavy (non-hydrogen) atoms. The van der Waals surface area contributed by atoms with Crippen LogP contribution in [-0.2, 0) is 17.4 Å². The highest BCUT2D eigenvalue weighted by Crippen LogP contribution is 2.29. The smallest absolute Gasteiger partial charge is 0.353 e. The van der Waals surface area contributed by atoms with Crippen molar-refractivity contribution in [1.82, 2.24) is 10.2 Å². The lowest BCUT2D eigenvalue weighted by atomic mass is 10.0. The van der Waals surface area contributed by atoms with Crippen LogP contribution >= 0.6 is 11.6 Å². The summed E-state index contributed by atoms with van der Waals surface area (Å²) < 4.78 is 37.9. The van der Waals surface area contributed by atoms with E-state index in [4.69, 9.17) is 11.6 Å². The fraction of sp³-hybridized carbons (Fsp3) is 0.333. The molecule has 1 fully saturated rings. The molecule has 1 aliphatic heterocycles. The molecule has 2 aromatic rings. The molecule has 154 valence electrons. The number of likely N-dealkylation sites (tertiary alicyclic amines) is 1. The number of hydrogen-bond acceptors (Lipinski definition) is 2. The number of benzene rings is 2. The Bertz CT molecular complexity index is 859. The first kappa shape index (κ1) is 21.2. The molecule has 2 amide bonds. The quantitative estimate of drug-likeness (QED) is 0.794. The number of piperidine rings is 1. The van der Waals surface area contributed by atoms with Gasteiger partial charge in [-0.1, -0.05) is 23.7 Å². The number of alkyl halides is 3. The Morgan fingerprint density at radius 1 is 1.00 bits per heavy atom. The Morgan fingerprint density at radius 2 is 1.59 bits per heavy atom. The predicted molar refractivity (Wildman–Crippen MR) is 104 cm³/mol. The molecule has 0 bridgehead atoms. The number of hydrogen-bond donors (Lipinski definition) is 1. The SMILES string of the molecule is O=C(Cc1ccc(Cl)cc1)NC1CCN(C(=O)c2ccc(C(F)(F)F)cc2)CC1. The van der Waals surface area contributed by atoms with Gasteiger partial charge in [-0.3, -0.25) is 9.59 Å². The summed E-state index contributed by atoms with van der Waals surface area (Å²) in [5.74, 6) is -0.399. The maximum Gasteiger partial charge on any atom is 0.416 e. The summed E-state index contributed by atoms with van der Waals surface area (Å²) in [6.45, 7) is 0.873. The predicted octanol–water partition coefficient (Wildman–Crippen LogP) is 4.32. The lowest BCUT2D eigenvalue weighted by Gasteiger charge is -2.32. The molecule has 0 aromatic heterocycles. The number of amides is 2. The molecule has 0 radical (unpaired) electrons. The average Bonchev–Trinajstić information content (AvgIpc) is 2.69. The first-order valence-electron chi connectivity index (χ1n) is 9.23. The molecule has 1 aliphatic rings. The van der Waals surface area contributed by atoms with Gasteiger partial charge in [0.05, 0.1) is 12.0 Å². The average molecular weight is 425 g/mol. The Balaban J connectivity index is 1.49. The van der Waals surface area contributed by atoms with Crippen molar-refractivity contribution in [2.45, 2.75) is 31.5 Å². The van der Waals surface area contributed by atoms with E-state index in [1.165, 1.54) is 12.1 Å². The molecule has 0 spiro atoms. The van der Waals surface area contributed by atoms with E-state index < -0.39 is 11.7 Å². The Labute approximate surface area is 171 Å². The maximum atomic E-state index is 12.6. The van der Waals surface area contributed by atoms with Crippen LogP contribution in [0.1, 0.15) is 34.3 Å². The van der Waals surface area contributed by atoms with Gasteiger partial charge < -0.3 is 10.2 Å². The molecule has 0 aliphatic carbocycles. The van der Waals surface area contributed by atoms with Crippen LogP contribution in [0, 0.1) is 0 Å². The number of halogens is 4. The summed E-state index contributed by atoms with van der Waals surface area (Å²) in [6, 6.07) is 11.3. The van der Waals surface area contributed by atoms with Crippen LogP contribution in [-0.4, -0.2) is 35.8 Å². The van der Waals surface area contributed by atoms with Gasteiger partial charge in [0, 0.05) is 29.7 Å². The standard InChI is InChI=1S/C21H20ClF3N2O2/c22-17-7-1-14(2-8-17)13-19(28)26-18-9-11-27(12-10-18)20(29)15-3-5-16(6-4-15)21(23,24)25/h1-8,18H,9-13H2,(H,26,28). The van der Waals surface area contributed by atoms with Crippen molar-refractivity contribution in [1.29, 1.82) is 0 Å². The molecule has 8 heteroatoms. The largest absolute Gasteiger partial charge is 0.416 e. The van der Waals surface area contributed by atoms with Crippen LogP contribution in [0.3, 0.4) is 0 Å². The van der Waals surface area contributed by atoms with Crippen molar-refractivity contribution in [3.63, 3.8) is 0 Å². The number of carbonyl (C=O) groups is 2. The minimum Gasteiger partial charge on any atom is -0.353 e. The first-order chi connectivity index (χ1) is 13.7. The van der Waals surface area contributed by atoms with Gasteiger partial charge in [0.15, 0.2) is 0 Å². The van der Waals surface area contributed by atoms with E-state index in [1.54, 1.807) is 29.2 Å². The van der Waals surface area contributed by atoms with Gasteiger partial charge in [0.1, 0.15) is 0 Å². The summed E-state index contributed by atoms with van der Waals surface area (Å²) in [4.78, 5) is 26.3. The lowest BCUT2D eigenvalue weighted by Crippen LogP contribution is -2.46. The summed E-state index contributed by atoms with van der Waals surface area (Å²) in [6.07, 6.45) is -2.98. The number of nitrogens with zero attached hydrogens (tertiary/aromatic N) is 1. The highest BCUT2D eigenvalue weighted by Gasteiger charge is 2.31. The third kappa shape index (κ3) is 5.73. The Kier molecular flexibility index (Phi) is 6.47. The third-order valence-electron chi connectivity index (χ3n) is 4.88. The zero-order valence-corrected chi connectivity index (χ0v) is 16.3. The third-order valence-corrected chi connectivity index (χ3v) is 5.14. The second-order valence-electron chi connectivity index (χ2n) is 7.01. The minimum absolute atomic E-state index is 0.0357. The summed E-state index contributed by atoms with van der Waals surface area (Å²) in [7, 11) is 0. The first-order valence-corrected chi connectivity index (χ1v) is 9.60. The Morgan fingerprint density at radius 3 is 2.14 bits per heavy atom. The molecule has 0 saturated carbocycles. The topological polar surface area (TPSA) is 49.4 Å². The molecular weight excluding hydrogens is 405 g/mol. The van der Waals surface area contributed by atoms with Crippen LogP contribution in [0.2, 0.25) is 5.02 Å². The van der Waals surface area contributed by atoms with E-state index in [2.05, 4.69) is 5.32 Å². The van der Waals surface area contributed by atoms with E-state index in [0.717, 1.165) is 17.7 Å². The fourth-order valence-corrected chi connectivity index (χ4v) is 3.40. The van der Waals surface area contributed by atoms with Gasteiger partial charge in [0.25, 0.3) is 5.91 Å². The van der Waals surface area contributed by atoms with Crippen LogP contribution in [0.15, 0.2) is 48.5 Å². The maximum absolute atomic E-state index is 12.6. The molecule has 1 heterocycles. The molecule has 3 rings (SSSR count). The van der Waals surface area contributed by atoms with Gasteiger partial charge in [-0.25, -0.2) is 0 Å². The summed E-state index contributed by atoms with van der Waals surface area (Å²) in [5, 5.41) is 3.58. The minimum atomic E-state index is -4.43. The molecule has 0 atom stereocenters. The molecule has 2 aromatic carbocycles. The van der Waals surface area contributed by atoms with E-state index in [0.29, 0.717) is 31.0 Å². The van der Waals surface area contributed by atoms with Gasteiger partial charge in [-0.15, -0.1) is 0 Å². The molecule has 4 nitrogen and oxygen atoms in total. The van der Waals surface area contributed by atoms with Crippen molar-refractivity contribution in [2.24, 2.45) is 0 Å². The highest BCUT2D eigenvalue weighted by molar-refractivity contribution is 6.30. The second-order valence-corrected chi connectivity index (χ2v) is 7.45. The lowest BCUT2D eigenvalue weighted by molar-refractivity contribution is -0.137. The number of carbonyl (C=O) groups excluding carboxylic acids is 2. The summed E-state index contributed by atoms with van der Waals surface area (Å²) in [5.41, 5.74) is 0.307. The molecular formula is C21H20ClF3N2O2.